The van der Waals surface area contributed by atoms with E-state index in [1.165, 1.54) is 37.8 Å². The second-order valence-electron chi connectivity index (χ2n) is 9.05. The van der Waals surface area contributed by atoms with Crippen molar-refractivity contribution in [3.63, 3.8) is 0 Å². The summed E-state index contributed by atoms with van der Waals surface area (Å²) >= 11 is 0. The molecule has 2 aliphatic heterocycles. The van der Waals surface area contributed by atoms with Crippen molar-refractivity contribution in [3.05, 3.63) is 18.0 Å². The van der Waals surface area contributed by atoms with Crippen LogP contribution in [0.3, 0.4) is 0 Å². The molecule has 6 heteroatoms. The molecule has 1 atom stereocenters. The SMILES string of the molecule is CC(C)n1cc(CN2CCC(N3CCCC(C(=O)NC4CC4)C3)CC2)cn1. The highest BCUT2D eigenvalue weighted by Crippen LogP contribution is 2.26. The van der Waals surface area contributed by atoms with Gasteiger partial charge in [-0.2, -0.15) is 5.10 Å². The molecule has 1 unspecified atom stereocenters. The molecule has 6 nitrogen and oxygen atoms in total. The molecule has 1 aromatic heterocycles. The minimum Gasteiger partial charge on any atom is -0.353 e. The molecule has 3 fully saturated rings. The van der Waals surface area contributed by atoms with Crippen LogP contribution in [0.25, 0.3) is 0 Å². The smallest absolute Gasteiger partial charge is 0.224 e. The summed E-state index contributed by atoms with van der Waals surface area (Å²) in [4.78, 5) is 17.6. The molecule has 3 heterocycles. The van der Waals surface area contributed by atoms with E-state index < -0.39 is 0 Å². The summed E-state index contributed by atoms with van der Waals surface area (Å²) in [7, 11) is 0. The third-order valence-electron chi connectivity index (χ3n) is 6.41. The van der Waals surface area contributed by atoms with Gasteiger partial charge in [-0.05, 0) is 72.0 Å². The van der Waals surface area contributed by atoms with Crippen molar-refractivity contribution in [2.24, 2.45) is 5.92 Å². The minimum absolute atomic E-state index is 0.208. The van der Waals surface area contributed by atoms with Gasteiger partial charge in [0.15, 0.2) is 0 Å². The van der Waals surface area contributed by atoms with E-state index in [9.17, 15) is 4.79 Å². The molecular formula is C21H35N5O. The Labute approximate surface area is 163 Å². The van der Waals surface area contributed by atoms with Crippen LogP contribution in [0.15, 0.2) is 12.4 Å². The van der Waals surface area contributed by atoms with Crippen molar-refractivity contribution in [1.29, 1.82) is 0 Å². The Morgan fingerprint density at radius 1 is 1.19 bits per heavy atom. The van der Waals surface area contributed by atoms with E-state index in [1.54, 1.807) is 0 Å². The molecular weight excluding hydrogens is 338 g/mol. The van der Waals surface area contributed by atoms with Gasteiger partial charge >= 0.3 is 0 Å². The first kappa shape index (κ1) is 18.9. The average molecular weight is 374 g/mol. The quantitative estimate of drug-likeness (QED) is 0.832. The Kier molecular flexibility index (Phi) is 5.83. The van der Waals surface area contributed by atoms with Gasteiger partial charge in [-0.1, -0.05) is 0 Å². The number of amides is 1. The Morgan fingerprint density at radius 3 is 2.63 bits per heavy atom. The molecule has 0 bridgehead atoms. The molecule has 1 aliphatic carbocycles. The van der Waals surface area contributed by atoms with Crippen LogP contribution in [0, 0.1) is 5.92 Å². The molecule has 0 aromatic carbocycles. The van der Waals surface area contributed by atoms with E-state index in [-0.39, 0.29) is 5.92 Å². The second-order valence-corrected chi connectivity index (χ2v) is 9.05. The predicted molar refractivity (Wildman–Crippen MR) is 106 cm³/mol. The summed E-state index contributed by atoms with van der Waals surface area (Å²) in [6.45, 7) is 9.76. The van der Waals surface area contributed by atoms with Crippen LogP contribution in [0.4, 0.5) is 0 Å². The van der Waals surface area contributed by atoms with Crippen molar-refractivity contribution in [3.8, 4) is 0 Å². The summed E-state index contributed by atoms with van der Waals surface area (Å²) in [5.41, 5.74) is 1.32. The monoisotopic (exact) mass is 373 g/mol. The zero-order chi connectivity index (χ0) is 18.8. The minimum atomic E-state index is 0.208. The summed E-state index contributed by atoms with van der Waals surface area (Å²) < 4.78 is 2.04. The lowest BCUT2D eigenvalue weighted by Crippen LogP contribution is -2.50. The third-order valence-corrected chi connectivity index (χ3v) is 6.41. The fourth-order valence-corrected chi connectivity index (χ4v) is 4.54. The zero-order valence-electron chi connectivity index (χ0n) is 16.9. The fourth-order valence-electron chi connectivity index (χ4n) is 4.54. The van der Waals surface area contributed by atoms with Gasteiger partial charge in [0, 0.05) is 43.0 Å². The first-order chi connectivity index (χ1) is 13.1. The Hall–Kier alpha value is -1.40. The van der Waals surface area contributed by atoms with Crippen LogP contribution in [-0.4, -0.2) is 63.8 Å². The average Bonchev–Trinajstić information content (AvgIpc) is 3.37. The lowest BCUT2D eigenvalue weighted by Gasteiger charge is -2.42. The van der Waals surface area contributed by atoms with Gasteiger partial charge in [0.25, 0.3) is 0 Å². The number of likely N-dealkylation sites (tertiary alicyclic amines) is 2. The van der Waals surface area contributed by atoms with Crippen molar-refractivity contribution in [1.82, 2.24) is 24.9 Å². The van der Waals surface area contributed by atoms with Gasteiger partial charge in [0.05, 0.1) is 12.1 Å². The Balaban J connectivity index is 1.23. The Bertz CT molecular complexity index is 630. The predicted octanol–water partition coefficient (Wildman–Crippen LogP) is 2.42. The number of rotatable bonds is 6. The highest BCUT2D eigenvalue weighted by atomic mass is 16.2. The lowest BCUT2D eigenvalue weighted by molar-refractivity contribution is -0.127. The van der Waals surface area contributed by atoms with Crippen LogP contribution in [0.2, 0.25) is 0 Å². The van der Waals surface area contributed by atoms with Gasteiger partial charge < -0.3 is 5.32 Å². The van der Waals surface area contributed by atoms with Crippen molar-refractivity contribution in [2.75, 3.05) is 26.2 Å². The van der Waals surface area contributed by atoms with E-state index in [0.29, 0.717) is 24.0 Å². The van der Waals surface area contributed by atoms with Crippen molar-refractivity contribution >= 4 is 5.91 Å². The standard InChI is InChI=1S/C21H35N5O/c1-16(2)26-14-17(12-22-26)13-24-10-7-20(8-11-24)25-9-3-4-18(15-25)21(27)23-19-5-6-19/h12,14,16,18-20H,3-11,13,15H2,1-2H3,(H,23,27). The zero-order valence-corrected chi connectivity index (χ0v) is 16.9. The molecule has 3 aliphatic rings. The van der Waals surface area contributed by atoms with E-state index in [1.807, 2.05) is 10.9 Å². The van der Waals surface area contributed by atoms with Gasteiger partial charge in [0.1, 0.15) is 0 Å². The lowest BCUT2D eigenvalue weighted by atomic mass is 9.93. The van der Waals surface area contributed by atoms with Gasteiger partial charge in [0.2, 0.25) is 5.91 Å². The summed E-state index contributed by atoms with van der Waals surface area (Å²) in [5.74, 6) is 0.515. The molecule has 0 spiro atoms. The number of nitrogens with one attached hydrogen (secondary N) is 1. The maximum absolute atomic E-state index is 12.4. The number of carbonyl (C=O) groups is 1. The normalized spacial score (nSPS) is 25.8. The molecule has 1 saturated carbocycles. The van der Waals surface area contributed by atoms with Crippen LogP contribution < -0.4 is 5.32 Å². The molecule has 1 N–H and O–H groups in total. The van der Waals surface area contributed by atoms with E-state index in [0.717, 1.165) is 39.0 Å². The van der Waals surface area contributed by atoms with Crippen LogP contribution in [-0.2, 0) is 11.3 Å². The molecule has 2 saturated heterocycles. The third kappa shape index (κ3) is 4.91. The maximum Gasteiger partial charge on any atom is 0.224 e. The summed E-state index contributed by atoms with van der Waals surface area (Å²) in [6, 6.07) is 1.56. The van der Waals surface area contributed by atoms with Crippen molar-refractivity contribution in [2.45, 2.75) is 77.0 Å². The first-order valence-electron chi connectivity index (χ1n) is 10.9. The first-order valence-corrected chi connectivity index (χ1v) is 10.9. The van der Waals surface area contributed by atoms with Crippen LogP contribution in [0.1, 0.15) is 64.0 Å². The topological polar surface area (TPSA) is 53.4 Å². The molecule has 0 radical (unpaired) electrons. The van der Waals surface area contributed by atoms with E-state index >= 15 is 0 Å². The fraction of sp³-hybridized carbons (Fsp3) is 0.810. The van der Waals surface area contributed by atoms with E-state index in [2.05, 4.69) is 40.3 Å². The van der Waals surface area contributed by atoms with Gasteiger partial charge in [-0.3, -0.25) is 19.3 Å². The van der Waals surface area contributed by atoms with E-state index in [4.69, 9.17) is 0 Å². The largest absolute Gasteiger partial charge is 0.353 e. The molecule has 4 rings (SSSR count). The number of nitrogens with zero attached hydrogens (tertiary/aromatic N) is 4. The highest BCUT2D eigenvalue weighted by Gasteiger charge is 2.33. The molecule has 1 aromatic rings. The summed E-state index contributed by atoms with van der Waals surface area (Å²) in [6.07, 6.45) is 11.2. The second kappa shape index (κ2) is 8.31. The molecule has 150 valence electrons. The van der Waals surface area contributed by atoms with Crippen molar-refractivity contribution < 1.29 is 4.79 Å². The molecule has 27 heavy (non-hydrogen) atoms. The number of hydrogen-bond donors (Lipinski definition) is 1. The molecule has 1 amide bonds. The van der Waals surface area contributed by atoms with Crippen LogP contribution >= 0.6 is 0 Å². The maximum atomic E-state index is 12.4. The Morgan fingerprint density at radius 2 is 1.96 bits per heavy atom. The highest BCUT2D eigenvalue weighted by molar-refractivity contribution is 5.79. The number of carbonyl (C=O) groups excluding carboxylic acids is 1. The number of aromatic nitrogens is 2. The van der Waals surface area contributed by atoms with Crippen LogP contribution in [0.5, 0.6) is 0 Å². The van der Waals surface area contributed by atoms with Gasteiger partial charge in [-0.25, -0.2) is 0 Å². The van der Waals surface area contributed by atoms with Gasteiger partial charge in [-0.15, -0.1) is 0 Å². The number of piperidine rings is 2. The number of hydrogen-bond acceptors (Lipinski definition) is 4. The summed E-state index contributed by atoms with van der Waals surface area (Å²) in [5, 5.41) is 7.67.